The first-order chi connectivity index (χ1) is 14.5. The lowest BCUT2D eigenvalue weighted by Gasteiger charge is -2.10. The van der Waals surface area contributed by atoms with Gasteiger partial charge in [0.05, 0.1) is 10.9 Å². The minimum absolute atomic E-state index is 0.0588. The number of hydrogen-bond donors (Lipinski definition) is 2. The molecule has 0 unspecified atom stereocenters. The Morgan fingerprint density at radius 2 is 1.83 bits per heavy atom. The van der Waals surface area contributed by atoms with Crippen LogP contribution >= 0.6 is 0 Å². The number of aromatic hydroxyl groups is 1. The van der Waals surface area contributed by atoms with Gasteiger partial charge >= 0.3 is 0 Å². The lowest BCUT2D eigenvalue weighted by atomic mass is 10.0. The van der Waals surface area contributed by atoms with Crippen molar-refractivity contribution in [2.24, 2.45) is 0 Å². The number of carbonyl (C=O) groups excluding carboxylic acids is 1. The summed E-state index contributed by atoms with van der Waals surface area (Å²) in [5.41, 5.74) is 2.07. The van der Waals surface area contributed by atoms with Crippen LogP contribution in [0.4, 0.5) is 5.69 Å². The molecular weight excluding hydrogens is 382 g/mol. The maximum Gasteiger partial charge on any atom is 0.262 e. The molecule has 150 valence electrons. The van der Waals surface area contributed by atoms with Gasteiger partial charge in [-0.3, -0.25) is 9.59 Å². The number of rotatable bonds is 5. The molecule has 4 rings (SSSR count). The van der Waals surface area contributed by atoms with E-state index in [4.69, 9.17) is 9.15 Å². The molecule has 0 atom stereocenters. The van der Waals surface area contributed by atoms with E-state index in [-0.39, 0.29) is 23.7 Å². The van der Waals surface area contributed by atoms with Crippen LogP contribution in [0.3, 0.4) is 0 Å². The Morgan fingerprint density at radius 1 is 1.03 bits per heavy atom. The number of anilines is 1. The fraction of sp³-hybridized carbons (Fsp3) is 0.0833. The third kappa shape index (κ3) is 4.03. The zero-order valence-electron chi connectivity index (χ0n) is 16.2. The standard InChI is InChI=1S/C24H19NO5/c1-15-23(16-6-3-2-4-7-16)24(28)20-11-10-19(13-21(20)30-15)29-14-22(27)25-17-8-5-9-18(26)12-17/h2-13,26H,14H2,1H3,(H,25,27). The fourth-order valence-electron chi connectivity index (χ4n) is 3.24. The van der Waals surface area contributed by atoms with Gasteiger partial charge in [0, 0.05) is 17.8 Å². The van der Waals surface area contributed by atoms with Crippen molar-refractivity contribution in [1.82, 2.24) is 0 Å². The number of aryl methyl sites for hydroxylation is 1. The van der Waals surface area contributed by atoms with E-state index < -0.39 is 0 Å². The van der Waals surface area contributed by atoms with Crippen LogP contribution in [-0.4, -0.2) is 17.6 Å². The molecule has 2 N–H and O–H groups in total. The highest BCUT2D eigenvalue weighted by Crippen LogP contribution is 2.26. The van der Waals surface area contributed by atoms with Crippen molar-refractivity contribution in [1.29, 1.82) is 0 Å². The Morgan fingerprint density at radius 3 is 2.60 bits per heavy atom. The van der Waals surface area contributed by atoms with Gasteiger partial charge in [-0.05, 0) is 36.8 Å². The largest absolute Gasteiger partial charge is 0.508 e. The average molecular weight is 401 g/mol. The third-order valence-corrected chi connectivity index (χ3v) is 4.60. The van der Waals surface area contributed by atoms with Gasteiger partial charge in [0.15, 0.2) is 6.61 Å². The van der Waals surface area contributed by atoms with Crippen LogP contribution in [0.15, 0.2) is 82.0 Å². The number of amides is 1. The molecule has 4 aromatic rings. The highest BCUT2D eigenvalue weighted by molar-refractivity contribution is 5.92. The molecule has 0 aliphatic carbocycles. The molecular formula is C24H19NO5. The van der Waals surface area contributed by atoms with Gasteiger partial charge in [-0.2, -0.15) is 0 Å². The summed E-state index contributed by atoms with van der Waals surface area (Å²) in [6.07, 6.45) is 0. The number of carbonyl (C=O) groups is 1. The molecule has 0 saturated carbocycles. The number of nitrogens with one attached hydrogen (secondary N) is 1. The molecule has 3 aromatic carbocycles. The molecule has 1 amide bonds. The van der Waals surface area contributed by atoms with Crippen LogP contribution in [0.25, 0.3) is 22.1 Å². The molecule has 0 aliphatic rings. The van der Waals surface area contributed by atoms with Gasteiger partial charge < -0.3 is 19.6 Å². The average Bonchev–Trinajstić information content (AvgIpc) is 2.73. The van der Waals surface area contributed by atoms with E-state index in [0.717, 1.165) is 5.56 Å². The summed E-state index contributed by atoms with van der Waals surface area (Å²) < 4.78 is 11.4. The molecule has 0 fully saturated rings. The van der Waals surface area contributed by atoms with Crippen LogP contribution in [0.1, 0.15) is 5.76 Å². The summed E-state index contributed by atoms with van der Waals surface area (Å²) in [7, 11) is 0. The number of hydrogen-bond acceptors (Lipinski definition) is 5. The quantitative estimate of drug-likeness (QED) is 0.514. The Kier molecular flexibility index (Phi) is 5.22. The van der Waals surface area contributed by atoms with E-state index in [1.165, 1.54) is 12.1 Å². The van der Waals surface area contributed by atoms with E-state index >= 15 is 0 Å². The number of benzene rings is 3. The molecule has 1 aromatic heterocycles. The zero-order valence-corrected chi connectivity index (χ0v) is 16.2. The number of fused-ring (bicyclic) bond motifs is 1. The van der Waals surface area contributed by atoms with Crippen LogP contribution < -0.4 is 15.5 Å². The van der Waals surface area contributed by atoms with E-state index in [1.54, 1.807) is 37.3 Å². The van der Waals surface area contributed by atoms with E-state index in [9.17, 15) is 14.7 Å². The van der Waals surface area contributed by atoms with Gasteiger partial charge in [-0.25, -0.2) is 0 Å². The summed E-state index contributed by atoms with van der Waals surface area (Å²) in [5.74, 6) is 0.599. The van der Waals surface area contributed by atoms with Gasteiger partial charge in [0.25, 0.3) is 5.91 Å². The second kappa shape index (κ2) is 8.13. The Labute approximate surface area is 172 Å². The van der Waals surface area contributed by atoms with Gasteiger partial charge in [-0.15, -0.1) is 0 Å². The second-order valence-corrected chi connectivity index (χ2v) is 6.77. The number of phenols is 1. The molecule has 0 bridgehead atoms. The summed E-state index contributed by atoms with van der Waals surface area (Å²) >= 11 is 0. The van der Waals surface area contributed by atoms with Crippen molar-refractivity contribution in [2.45, 2.75) is 6.92 Å². The molecule has 6 heteroatoms. The van der Waals surface area contributed by atoms with Gasteiger partial charge in [0.2, 0.25) is 5.43 Å². The van der Waals surface area contributed by atoms with Crippen LogP contribution in [0, 0.1) is 6.92 Å². The van der Waals surface area contributed by atoms with Crippen LogP contribution in [0.5, 0.6) is 11.5 Å². The monoisotopic (exact) mass is 401 g/mol. The summed E-state index contributed by atoms with van der Waals surface area (Å²) in [6.45, 7) is 1.52. The van der Waals surface area contributed by atoms with Gasteiger partial charge in [0.1, 0.15) is 22.8 Å². The van der Waals surface area contributed by atoms with Gasteiger partial charge in [-0.1, -0.05) is 36.4 Å². The maximum absolute atomic E-state index is 13.0. The number of ether oxygens (including phenoxy) is 1. The third-order valence-electron chi connectivity index (χ3n) is 4.60. The molecule has 1 heterocycles. The topological polar surface area (TPSA) is 88.8 Å². The van der Waals surface area contributed by atoms with Crippen LogP contribution in [-0.2, 0) is 4.79 Å². The van der Waals surface area contributed by atoms with Crippen molar-refractivity contribution in [3.05, 3.63) is 88.8 Å². The molecule has 0 spiro atoms. The van der Waals surface area contributed by atoms with E-state index in [1.807, 2.05) is 30.3 Å². The SMILES string of the molecule is Cc1oc2cc(OCC(=O)Nc3cccc(O)c3)ccc2c(=O)c1-c1ccccc1. The minimum Gasteiger partial charge on any atom is -0.508 e. The normalized spacial score (nSPS) is 10.7. The van der Waals surface area contributed by atoms with Crippen molar-refractivity contribution in [2.75, 3.05) is 11.9 Å². The number of phenolic OH excluding ortho intramolecular Hbond substituents is 1. The first-order valence-corrected chi connectivity index (χ1v) is 9.36. The molecule has 6 nitrogen and oxygen atoms in total. The molecule has 0 saturated heterocycles. The summed E-state index contributed by atoms with van der Waals surface area (Å²) in [6, 6.07) is 20.5. The predicted octanol–water partition coefficient (Wildman–Crippen LogP) is 4.49. The predicted molar refractivity (Wildman–Crippen MR) is 115 cm³/mol. The lowest BCUT2D eigenvalue weighted by molar-refractivity contribution is -0.118. The van der Waals surface area contributed by atoms with Crippen molar-refractivity contribution in [3.8, 4) is 22.6 Å². The maximum atomic E-state index is 13.0. The Bertz CT molecular complexity index is 1280. The smallest absolute Gasteiger partial charge is 0.262 e. The fourth-order valence-corrected chi connectivity index (χ4v) is 3.24. The highest BCUT2D eigenvalue weighted by atomic mass is 16.5. The van der Waals surface area contributed by atoms with Crippen molar-refractivity contribution < 1.29 is 19.1 Å². The zero-order chi connectivity index (χ0) is 21.1. The Hall–Kier alpha value is -4.06. The molecule has 0 aliphatic heterocycles. The molecule has 30 heavy (non-hydrogen) atoms. The Balaban J connectivity index is 1.54. The van der Waals surface area contributed by atoms with E-state index in [2.05, 4.69) is 5.32 Å². The van der Waals surface area contributed by atoms with Crippen LogP contribution in [0.2, 0.25) is 0 Å². The lowest BCUT2D eigenvalue weighted by Crippen LogP contribution is -2.20. The summed E-state index contributed by atoms with van der Waals surface area (Å²) in [5, 5.41) is 12.5. The second-order valence-electron chi connectivity index (χ2n) is 6.77. The highest BCUT2D eigenvalue weighted by Gasteiger charge is 2.14. The van der Waals surface area contributed by atoms with E-state index in [0.29, 0.717) is 33.7 Å². The first kappa shape index (κ1) is 19.3. The molecule has 0 radical (unpaired) electrons. The first-order valence-electron chi connectivity index (χ1n) is 9.36. The van der Waals surface area contributed by atoms with Crippen molar-refractivity contribution >= 4 is 22.6 Å². The minimum atomic E-state index is -0.377. The van der Waals surface area contributed by atoms with Crippen molar-refractivity contribution in [3.63, 3.8) is 0 Å². The summed E-state index contributed by atoms with van der Waals surface area (Å²) in [4.78, 5) is 25.1.